The van der Waals surface area contributed by atoms with Crippen molar-refractivity contribution in [1.29, 1.82) is 5.26 Å². The van der Waals surface area contributed by atoms with Crippen LogP contribution in [0.2, 0.25) is 10.2 Å². The lowest BCUT2D eigenvalue weighted by Gasteiger charge is -2.08. The van der Waals surface area contributed by atoms with Gasteiger partial charge in [-0.3, -0.25) is 9.20 Å². The van der Waals surface area contributed by atoms with Gasteiger partial charge in [0.2, 0.25) is 0 Å². The number of thiazole rings is 1. The number of rotatable bonds is 3. The summed E-state index contributed by atoms with van der Waals surface area (Å²) < 4.78 is 1.72. The Morgan fingerprint density at radius 1 is 1.46 bits per heavy atom. The standard InChI is InChI=1S/C16H10Cl2N4OS/c1-9-11(17)3-2-4-12(9)20-15(23)10(8-19)7-13-14(18)21-16-22(13)5-6-24-16/h2-7H,1H3,(H,20,23)/b10-7+. The van der Waals surface area contributed by atoms with Crippen molar-refractivity contribution in [2.45, 2.75) is 6.92 Å². The van der Waals surface area contributed by atoms with Gasteiger partial charge in [0.25, 0.3) is 5.91 Å². The molecule has 1 amide bonds. The summed E-state index contributed by atoms with van der Waals surface area (Å²) in [5, 5.41) is 14.6. The number of halogens is 2. The summed E-state index contributed by atoms with van der Waals surface area (Å²) in [5.41, 5.74) is 1.69. The fourth-order valence-electron chi connectivity index (χ4n) is 2.12. The SMILES string of the molecule is Cc1c(Cl)cccc1NC(=O)/C(C#N)=C/c1c(Cl)nc2sccn12. The van der Waals surface area contributed by atoms with Crippen LogP contribution >= 0.6 is 34.5 Å². The van der Waals surface area contributed by atoms with Crippen molar-refractivity contribution in [2.75, 3.05) is 5.32 Å². The van der Waals surface area contributed by atoms with Crippen molar-refractivity contribution in [3.05, 3.63) is 56.8 Å². The van der Waals surface area contributed by atoms with E-state index < -0.39 is 5.91 Å². The molecule has 8 heteroatoms. The Morgan fingerprint density at radius 2 is 2.25 bits per heavy atom. The Balaban J connectivity index is 1.95. The summed E-state index contributed by atoms with van der Waals surface area (Å²) in [6, 6.07) is 7.07. The summed E-state index contributed by atoms with van der Waals surface area (Å²) in [6.45, 7) is 1.79. The second-order valence-electron chi connectivity index (χ2n) is 4.88. The number of carbonyl (C=O) groups is 1. The average molecular weight is 377 g/mol. The zero-order chi connectivity index (χ0) is 17.3. The third-order valence-corrected chi connectivity index (χ3v) is 4.86. The Kier molecular flexibility index (Phi) is 4.58. The van der Waals surface area contributed by atoms with E-state index >= 15 is 0 Å². The minimum absolute atomic E-state index is 0.0794. The van der Waals surface area contributed by atoms with Crippen molar-refractivity contribution in [3.63, 3.8) is 0 Å². The monoisotopic (exact) mass is 376 g/mol. The molecule has 2 aromatic heterocycles. The molecule has 0 unspecified atom stereocenters. The third kappa shape index (κ3) is 3.02. The Labute approximate surface area is 151 Å². The highest BCUT2D eigenvalue weighted by atomic mass is 35.5. The van der Waals surface area contributed by atoms with E-state index in [0.717, 1.165) is 5.56 Å². The number of amides is 1. The summed E-state index contributed by atoms with van der Waals surface area (Å²) in [5.74, 6) is -0.538. The van der Waals surface area contributed by atoms with E-state index in [9.17, 15) is 10.1 Å². The van der Waals surface area contributed by atoms with Crippen LogP contribution in [-0.2, 0) is 4.79 Å². The molecular formula is C16H10Cl2N4OS. The molecule has 0 atom stereocenters. The molecule has 3 aromatic rings. The molecule has 0 saturated carbocycles. The quantitative estimate of drug-likeness (QED) is 0.538. The van der Waals surface area contributed by atoms with Crippen molar-refractivity contribution in [3.8, 4) is 6.07 Å². The number of nitrogens with one attached hydrogen (secondary N) is 1. The van der Waals surface area contributed by atoms with Crippen molar-refractivity contribution in [1.82, 2.24) is 9.38 Å². The van der Waals surface area contributed by atoms with Crippen LogP contribution in [0.4, 0.5) is 5.69 Å². The normalized spacial score (nSPS) is 11.5. The summed E-state index contributed by atoms with van der Waals surface area (Å²) in [6.07, 6.45) is 3.20. The molecule has 0 bridgehead atoms. The number of nitrogens with zero attached hydrogens (tertiary/aromatic N) is 3. The lowest BCUT2D eigenvalue weighted by atomic mass is 10.1. The smallest absolute Gasteiger partial charge is 0.266 e. The summed E-state index contributed by atoms with van der Waals surface area (Å²) >= 11 is 13.5. The fraction of sp³-hybridized carbons (Fsp3) is 0.0625. The first kappa shape index (κ1) is 16.5. The average Bonchev–Trinajstić information content (AvgIpc) is 3.11. The van der Waals surface area contributed by atoms with Gasteiger partial charge >= 0.3 is 0 Å². The predicted octanol–water partition coefficient (Wildman–Crippen LogP) is 4.56. The van der Waals surface area contributed by atoms with Crippen LogP contribution in [0.3, 0.4) is 0 Å². The number of anilines is 1. The molecule has 24 heavy (non-hydrogen) atoms. The molecular weight excluding hydrogens is 367 g/mol. The maximum atomic E-state index is 12.4. The van der Waals surface area contributed by atoms with E-state index in [1.807, 2.05) is 11.4 Å². The van der Waals surface area contributed by atoms with Gasteiger partial charge in [0.15, 0.2) is 10.1 Å². The molecule has 1 aromatic carbocycles. The van der Waals surface area contributed by atoms with Crippen LogP contribution in [0.5, 0.6) is 0 Å². The molecule has 120 valence electrons. The van der Waals surface area contributed by atoms with Gasteiger partial charge in [0.1, 0.15) is 11.6 Å². The lowest BCUT2D eigenvalue weighted by molar-refractivity contribution is -0.112. The largest absolute Gasteiger partial charge is 0.321 e. The molecule has 5 nitrogen and oxygen atoms in total. The van der Waals surface area contributed by atoms with E-state index in [0.29, 0.717) is 21.4 Å². The van der Waals surface area contributed by atoms with Gasteiger partial charge in [-0.25, -0.2) is 4.98 Å². The molecule has 3 rings (SSSR count). The Hall–Kier alpha value is -2.33. The number of hydrogen-bond acceptors (Lipinski definition) is 4. The zero-order valence-electron chi connectivity index (χ0n) is 12.4. The fourth-order valence-corrected chi connectivity index (χ4v) is 3.30. The van der Waals surface area contributed by atoms with Crippen molar-refractivity contribution >= 4 is 57.2 Å². The number of imidazole rings is 1. The third-order valence-electron chi connectivity index (χ3n) is 3.42. The predicted molar refractivity (Wildman–Crippen MR) is 96.5 cm³/mol. The highest BCUT2D eigenvalue weighted by Gasteiger charge is 2.15. The highest BCUT2D eigenvalue weighted by Crippen LogP contribution is 2.25. The zero-order valence-corrected chi connectivity index (χ0v) is 14.7. The Morgan fingerprint density at radius 3 is 3.00 bits per heavy atom. The molecule has 0 radical (unpaired) electrons. The molecule has 0 aliphatic heterocycles. The van der Waals surface area contributed by atoms with E-state index in [2.05, 4.69) is 10.3 Å². The van der Waals surface area contributed by atoms with E-state index in [1.54, 1.807) is 35.7 Å². The number of hydrogen-bond donors (Lipinski definition) is 1. The summed E-state index contributed by atoms with van der Waals surface area (Å²) in [7, 11) is 0. The van der Waals surface area contributed by atoms with E-state index in [4.69, 9.17) is 23.2 Å². The topological polar surface area (TPSA) is 70.2 Å². The van der Waals surface area contributed by atoms with Gasteiger partial charge in [0, 0.05) is 22.3 Å². The van der Waals surface area contributed by atoms with Crippen LogP contribution < -0.4 is 5.32 Å². The molecule has 1 N–H and O–H groups in total. The Bertz CT molecular complexity index is 1010. The number of fused-ring (bicyclic) bond motifs is 1. The van der Waals surface area contributed by atoms with Crippen molar-refractivity contribution in [2.24, 2.45) is 0 Å². The number of benzene rings is 1. The second kappa shape index (κ2) is 6.65. The lowest BCUT2D eigenvalue weighted by Crippen LogP contribution is -2.14. The first-order valence-electron chi connectivity index (χ1n) is 6.80. The van der Waals surface area contributed by atoms with Crippen LogP contribution in [0, 0.1) is 18.3 Å². The number of carbonyl (C=O) groups excluding carboxylic acids is 1. The maximum Gasteiger partial charge on any atom is 0.266 e. The highest BCUT2D eigenvalue weighted by molar-refractivity contribution is 7.15. The van der Waals surface area contributed by atoms with Gasteiger partial charge in [-0.15, -0.1) is 11.3 Å². The summed E-state index contributed by atoms with van der Waals surface area (Å²) in [4.78, 5) is 17.3. The molecule has 0 fully saturated rings. The van der Waals surface area contributed by atoms with Gasteiger partial charge < -0.3 is 5.32 Å². The molecule has 0 saturated heterocycles. The van der Waals surface area contributed by atoms with Gasteiger partial charge in [-0.1, -0.05) is 29.3 Å². The van der Waals surface area contributed by atoms with Gasteiger partial charge in [-0.05, 0) is 30.7 Å². The second-order valence-corrected chi connectivity index (χ2v) is 6.52. The van der Waals surface area contributed by atoms with E-state index in [-0.39, 0.29) is 10.7 Å². The molecule has 0 aliphatic rings. The minimum atomic E-state index is -0.538. The van der Waals surface area contributed by atoms with Crippen LogP contribution in [0.1, 0.15) is 11.3 Å². The number of aromatic nitrogens is 2. The van der Waals surface area contributed by atoms with Gasteiger partial charge in [0.05, 0.1) is 5.69 Å². The molecule has 0 aliphatic carbocycles. The van der Waals surface area contributed by atoms with Crippen LogP contribution in [0.15, 0.2) is 35.3 Å². The van der Waals surface area contributed by atoms with Crippen LogP contribution in [0.25, 0.3) is 11.0 Å². The number of nitriles is 1. The maximum absolute atomic E-state index is 12.4. The van der Waals surface area contributed by atoms with Crippen molar-refractivity contribution < 1.29 is 4.79 Å². The first-order chi connectivity index (χ1) is 11.5. The van der Waals surface area contributed by atoms with Gasteiger partial charge in [-0.2, -0.15) is 5.26 Å². The van der Waals surface area contributed by atoms with Crippen LogP contribution in [-0.4, -0.2) is 15.3 Å². The van der Waals surface area contributed by atoms with E-state index in [1.165, 1.54) is 17.4 Å². The molecule has 2 heterocycles. The molecule has 0 spiro atoms. The minimum Gasteiger partial charge on any atom is -0.321 e. The first-order valence-corrected chi connectivity index (χ1v) is 8.44.